The highest BCUT2D eigenvalue weighted by Gasteiger charge is 2.51. The van der Waals surface area contributed by atoms with Gasteiger partial charge in [-0.05, 0) is 50.3 Å². The normalized spacial score (nSPS) is 26.5. The van der Waals surface area contributed by atoms with Crippen molar-refractivity contribution in [2.75, 3.05) is 11.4 Å². The van der Waals surface area contributed by atoms with E-state index in [1.807, 2.05) is 0 Å². The lowest BCUT2D eigenvalue weighted by molar-refractivity contribution is -0.127. The molecule has 3 heterocycles. The number of fused-ring (bicyclic) bond motifs is 1. The molecular formula is C22H20ClN3O3. The van der Waals surface area contributed by atoms with Crippen molar-refractivity contribution in [1.29, 1.82) is 0 Å². The average Bonchev–Trinajstić information content (AvgIpc) is 3.18. The minimum atomic E-state index is -0.436. The predicted octanol–water partition coefficient (Wildman–Crippen LogP) is 3.70. The summed E-state index contributed by atoms with van der Waals surface area (Å²) in [7, 11) is 0. The van der Waals surface area contributed by atoms with Crippen LogP contribution in [-0.4, -0.2) is 40.2 Å². The third kappa shape index (κ3) is 2.69. The first-order valence-corrected chi connectivity index (χ1v) is 10.3. The number of rotatable bonds is 2. The summed E-state index contributed by atoms with van der Waals surface area (Å²) in [6, 6.07) is 8.49. The molecule has 2 fully saturated rings. The molecule has 2 aliphatic heterocycles. The number of benzene rings is 1. The summed E-state index contributed by atoms with van der Waals surface area (Å²) in [4.78, 5) is 46.0. The minimum Gasteiger partial charge on any atom is -0.309 e. The average molecular weight is 410 g/mol. The molecule has 0 unspecified atom stereocenters. The Morgan fingerprint density at radius 1 is 0.966 bits per heavy atom. The van der Waals surface area contributed by atoms with Gasteiger partial charge in [-0.15, -0.1) is 0 Å². The Kier molecular flexibility index (Phi) is 4.21. The number of aromatic nitrogens is 1. The molecule has 1 saturated carbocycles. The standard InChI is InChI=1S/C22H20ClN3O3/c23-17-7-11-24-13-18(17)25-12-10-22(21(25)29)8-5-14(6-9-22)26-19(27)15-3-1-2-4-16(15)20(26)28/h1-4,7,11,13-14H,5-6,8-10,12H2. The molecule has 0 N–H and O–H groups in total. The summed E-state index contributed by atoms with van der Waals surface area (Å²) in [6.45, 7) is 0.613. The Morgan fingerprint density at radius 2 is 1.62 bits per heavy atom. The molecule has 1 aromatic carbocycles. The van der Waals surface area contributed by atoms with Crippen molar-refractivity contribution in [1.82, 2.24) is 9.88 Å². The fourth-order valence-electron chi connectivity index (χ4n) is 5.03. The van der Waals surface area contributed by atoms with Crippen molar-refractivity contribution in [2.24, 2.45) is 5.41 Å². The molecule has 1 aliphatic carbocycles. The second kappa shape index (κ2) is 6.66. The number of imide groups is 1. The Hall–Kier alpha value is -2.73. The van der Waals surface area contributed by atoms with Gasteiger partial charge in [-0.3, -0.25) is 24.3 Å². The van der Waals surface area contributed by atoms with Crippen LogP contribution in [0.1, 0.15) is 52.8 Å². The molecular weight excluding hydrogens is 390 g/mol. The Morgan fingerprint density at radius 3 is 2.24 bits per heavy atom. The van der Waals surface area contributed by atoms with Gasteiger partial charge < -0.3 is 4.90 Å². The molecule has 1 aromatic heterocycles. The summed E-state index contributed by atoms with van der Waals surface area (Å²) < 4.78 is 0. The van der Waals surface area contributed by atoms with Gasteiger partial charge in [0, 0.05) is 18.8 Å². The second-order valence-electron chi connectivity index (χ2n) is 8.07. The van der Waals surface area contributed by atoms with Gasteiger partial charge in [0.15, 0.2) is 0 Å². The summed E-state index contributed by atoms with van der Waals surface area (Å²) in [5.74, 6) is -0.352. The van der Waals surface area contributed by atoms with Crippen molar-refractivity contribution in [3.63, 3.8) is 0 Å². The molecule has 2 aromatic rings. The van der Waals surface area contributed by atoms with E-state index < -0.39 is 5.41 Å². The lowest BCUT2D eigenvalue weighted by Crippen LogP contribution is -2.46. The van der Waals surface area contributed by atoms with Crippen LogP contribution in [0.25, 0.3) is 0 Å². The van der Waals surface area contributed by atoms with Gasteiger partial charge in [0.1, 0.15) is 0 Å². The van der Waals surface area contributed by atoms with Gasteiger partial charge in [-0.2, -0.15) is 0 Å². The summed E-state index contributed by atoms with van der Waals surface area (Å²) in [5.41, 5.74) is 1.17. The van der Waals surface area contributed by atoms with Gasteiger partial charge in [0.25, 0.3) is 11.8 Å². The van der Waals surface area contributed by atoms with Crippen LogP contribution in [0, 0.1) is 5.41 Å². The van der Waals surface area contributed by atoms with Gasteiger partial charge in [0.2, 0.25) is 5.91 Å². The van der Waals surface area contributed by atoms with E-state index in [9.17, 15) is 14.4 Å². The molecule has 1 spiro atoms. The maximum Gasteiger partial charge on any atom is 0.261 e. The molecule has 6 nitrogen and oxygen atoms in total. The van der Waals surface area contributed by atoms with Crippen LogP contribution in [0.15, 0.2) is 42.7 Å². The third-order valence-electron chi connectivity index (χ3n) is 6.65. The van der Waals surface area contributed by atoms with Crippen LogP contribution in [0.4, 0.5) is 5.69 Å². The van der Waals surface area contributed by atoms with Crippen molar-refractivity contribution in [3.8, 4) is 0 Å². The molecule has 0 bridgehead atoms. The van der Waals surface area contributed by atoms with E-state index in [1.165, 1.54) is 4.90 Å². The smallest absolute Gasteiger partial charge is 0.261 e. The number of carbonyl (C=O) groups is 3. The second-order valence-corrected chi connectivity index (χ2v) is 8.48. The number of anilines is 1. The fourth-order valence-corrected chi connectivity index (χ4v) is 5.24. The largest absolute Gasteiger partial charge is 0.309 e. The number of carbonyl (C=O) groups excluding carboxylic acids is 3. The van der Waals surface area contributed by atoms with Gasteiger partial charge >= 0.3 is 0 Å². The molecule has 3 amide bonds. The van der Waals surface area contributed by atoms with Crippen molar-refractivity contribution in [3.05, 3.63) is 58.9 Å². The van der Waals surface area contributed by atoms with Crippen LogP contribution >= 0.6 is 11.6 Å². The molecule has 148 valence electrons. The van der Waals surface area contributed by atoms with Gasteiger partial charge in [-0.25, -0.2) is 0 Å². The summed E-state index contributed by atoms with van der Waals surface area (Å²) >= 11 is 6.27. The number of hydrogen-bond donors (Lipinski definition) is 0. The zero-order chi connectivity index (χ0) is 20.2. The molecule has 0 atom stereocenters. The highest BCUT2D eigenvalue weighted by molar-refractivity contribution is 6.33. The van der Waals surface area contributed by atoms with Crippen molar-refractivity contribution in [2.45, 2.75) is 38.1 Å². The van der Waals surface area contributed by atoms with Crippen LogP contribution in [-0.2, 0) is 4.79 Å². The van der Waals surface area contributed by atoms with Crippen LogP contribution in [0.2, 0.25) is 5.02 Å². The van der Waals surface area contributed by atoms with Gasteiger partial charge in [0.05, 0.1) is 33.4 Å². The molecule has 3 aliphatic rings. The highest BCUT2D eigenvalue weighted by atomic mass is 35.5. The van der Waals surface area contributed by atoms with E-state index in [1.54, 1.807) is 47.6 Å². The van der Waals surface area contributed by atoms with E-state index in [-0.39, 0.29) is 23.8 Å². The summed E-state index contributed by atoms with van der Waals surface area (Å²) in [5, 5.41) is 0.519. The van der Waals surface area contributed by atoms with E-state index >= 15 is 0 Å². The van der Waals surface area contributed by atoms with E-state index in [0.717, 1.165) is 6.42 Å². The Labute approximate surface area is 173 Å². The quantitative estimate of drug-likeness (QED) is 0.709. The van der Waals surface area contributed by atoms with Crippen LogP contribution in [0.3, 0.4) is 0 Å². The third-order valence-corrected chi connectivity index (χ3v) is 6.97. The van der Waals surface area contributed by atoms with Crippen molar-refractivity contribution < 1.29 is 14.4 Å². The number of hydrogen-bond acceptors (Lipinski definition) is 4. The first-order chi connectivity index (χ1) is 14.0. The Balaban J connectivity index is 1.33. The first kappa shape index (κ1) is 18.3. The van der Waals surface area contributed by atoms with Crippen LogP contribution < -0.4 is 4.90 Å². The minimum absolute atomic E-state index is 0.0770. The van der Waals surface area contributed by atoms with Gasteiger partial charge in [-0.1, -0.05) is 23.7 Å². The van der Waals surface area contributed by atoms with E-state index in [4.69, 9.17) is 11.6 Å². The lowest BCUT2D eigenvalue weighted by atomic mass is 9.71. The number of halogens is 1. The SMILES string of the molecule is O=C1c2ccccc2C(=O)N1C1CCC2(CC1)CCN(c1cnccc1Cl)C2=O. The first-order valence-electron chi connectivity index (χ1n) is 9.90. The predicted molar refractivity (Wildman–Crippen MR) is 108 cm³/mol. The summed E-state index contributed by atoms with van der Waals surface area (Å²) in [6.07, 6.45) is 6.61. The molecule has 7 heteroatoms. The zero-order valence-corrected chi connectivity index (χ0v) is 16.6. The number of nitrogens with zero attached hydrogens (tertiary/aromatic N) is 3. The zero-order valence-electron chi connectivity index (χ0n) is 15.8. The fraction of sp³-hybridized carbons (Fsp3) is 0.364. The lowest BCUT2D eigenvalue weighted by Gasteiger charge is -2.38. The van der Waals surface area contributed by atoms with E-state index in [0.29, 0.717) is 54.1 Å². The van der Waals surface area contributed by atoms with E-state index in [2.05, 4.69) is 4.98 Å². The van der Waals surface area contributed by atoms with Crippen LogP contribution in [0.5, 0.6) is 0 Å². The monoisotopic (exact) mass is 409 g/mol. The molecule has 5 rings (SSSR count). The highest BCUT2D eigenvalue weighted by Crippen LogP contribution is 2.48. The molecule has 0 radical (unpaired) electrons. The number of amides is 3. The molecule has 29 heavy (non-hydrogen) atoms. The number of pyridine rings is 1. The Bertz CT molecular complexity index is 994. The molecule has 1 saturated heterocycles. The topological polar surface area (TPSA) is 70.6 Å². The van der Waals surface area contributed by atoms with Crippen molar-refractivity contribution >= 4 is 35.0 Å². The maximum atomic E-state index is 13.3. The maximum absolute atomic E-state index is 13.3.